The first-order valence-electron chi connectivity index (χ1n) is 9.00. The van der Waals surface area contributed by atoms with E-state index in [1.54, 1.807) is 12.0 Å². The van der Waals surface area contributed by atoms with Crippen molar-refractivity contribution in [3.63, 3.8) is 0 Å². The minimum absolute atomic E-state index is 0.216. The maximum atomic E-state index is 12.3. The monoisotopic (exact) mass is 382 g/mol. The lowest BCUT2D eigenvalue weighted by Crippen LogP contribution is -2.49. The second kappa shape index (κ2) is 9.03. The van der Waals surface area contributed by atoms with Gasteiger partial charge in [0.25, 0.3) is 5.91 Å². The maximum Gasteiger partial charge on any atom is 0.338 e. The highest BCUT2D eigenvalue weighted by Gasteiger charge is 2.22. The Morgan fingerprint density at radius 2 is 1.61 bits per heavy atom. The smallest absolute Gasteiger partial charge is 0.338 e. The highest BCUT2D eigenvalue weighted by Crippen LogP contribution is 2.20. The fraction of sp³-hybridized carbons (Fsp3) is 0.286. The standard InChI is InChI=1S/C21H22N2O5/c1-27-19-8-6-18(7-9-19)22-10-12-23(13-11-22)20(25)15-28-21(26)17-4-2-16(14-24)3-5-17/h2-9,14H,10-13,15H2,1H3. The van der Waals surface area contributed by atoms with Crippen LogP contribution >= 0.6 is 0 Å². The van der Waals surface area contributed by atoms with Gasteiger partial charge in [0.15, 0.2) is 6.61 Å². The second-order valence-electron chi connectivity index (χ2n) is 6.38. The van der Waals surface area contributed by atoms with E-state index < -0.39 is 5.97 Å². The maximum absolute atomic E-state index is 12.3. The van der Waals surface area contributed by atoms with E-state index >= 15 is 0 Å². The number of benzene rings is 2. The van der Waals surface area contributed by atoms with Gasteiger partial charge < -0.3 is 19.3 Å². The molecule has 1 fully saturated rings. The molecular formula is C21H22N2O5. The predicted octanol–water partition coefficient (Wildman–Crippen LogP) is 2.01. The van der Waals surface area contributed by atoms with Gasteiger partial charge in [0, 0.05) is 37.4 Å². The Hall–Kier alpha value is -3.35. The molecule has 0 saturated carbocycles. The van der Waals surface area contributed by atoms with Gasteiger partial charge >= 0.3 is 5.97 Å². The number of ether oxygens (including phenoxy) is 2. The summed E-state index contributed by atoms with van der Waals surface area (Å²) in [5.74, 6) is 0.00934. The minimum Gasteiger partial charge on any atom is -0.497 e. The van der Waals surface area contributed by atoms with E-state index in [9.17, 15) is 14.4 Å². The van der Waals surface area contributed by atoms with E-state index in [-0.39, 0.29) is 12.5 Å². The van der Waals surface area contributed by atoms with E-state index in [2.05, 4.69) is 4.90 Å². The number of hydrogen-bond acceptors (Lipinski definition) is 6. The van der Waals surface area contributed by atoms with Crippen LogP contribution in [0.1, 0.15) is 20.7 Å². The number of esters is 1. The van der Waals surface area contributed by atoms with Crippen molar-refractivity contribution in [1.29, 1.82) is 0 Å². The third kappa shape index (κ3) is 4.68. The average molecular weight is 382 g/mol. The van der Waals surface area contributed by atoms with E-state index in [4.69, 9.17) is 9.47 Å². The van der Waals surface area contributed by atoms with E-state index in [0.29, 0.717) is 43.6 Å². The van der Waals surface area contributed by atoms with Crippen molar-refractivity contribution >= 4 is 23.9 Å². The molecule has 7 heteroatoms. The van der Waals surface area contributed by atoms with Crippen LogP contribution in [0.3, 0.4) is 0 Å². The zero-order valence-electron chi connectivity index (χ0n) is 15.7. The fourth-order valence-electron chi connectivity index (χ4n) is 3.01. The zero-order valence-corrected chi connectivity index (χ0v) is 15.7. The van der Waals surface area contributed by atoms with Crippen LogP contribution in [0.4, 0.5) is 5.69 Å². The Labute approximate surface area is 163 Å². The number of methoxy groups -OCH3 is 1. The Morgan fingerprint density at radius 3 is 2.18 bits per heavy atom. The van der Waals surface area contributed by atoms with Crippen LogP contribution in [-0.4, -0.2) is 63.0 Å². The van der Waals surface area contributed by atoms with Gasteiger partial charge in [-0.3, -0.25) is 9.59 Å². The summed E-state index contributed by atoms with van der Waals surface area (Å²) in [6.07, 6.45) is 0.699. The summed E-state index contributed by atoms with van der Waals surface area (Å²) in [6.45, 7) is 2.25. The molecule has 0 bridgehead atoms. The molecule has 3 rings (SSSR count). The largest absolute Gasteiger partial charge is 0.497 e. The summed E-state index contributed by atoms with van der Waals surface area (Å²) >= 11 is 0. The number of nitrogens with zero attached hydrogens (tertiary/aromatic N) is 2. The summed E-state index contributed by atoms with van der Waals surface area (Å²) in [5, 5.41) is 0. The van der Waals surface area contributed by atoms with Crippen LogP contribution in [0.25, 0.3) is 0 Å². The first kappa shape index (κ1) is 19.4. The Bertz CT molecular complexity index is 825. The zero-order chi connectivity index (χ0) is 19.9. The van der Waals surface area contributed by atoms with Crippen molar-refractivity contribution in [3.05, 3.63) is 59.7 Å². The molecule has 0 spiro atoms. The predicted molar refractivity (Wildman–Crippen MR) is 104 cm³/mol. The van der Waals surface area contributed by atoms with Crippen LogP contribution in [0, 0.1) is 0 Å². The third-order valence-corrected chi connectivity index (χ3v) is 4.68. The van der Waals surface area contributed by atoms with Gasteiger partial charge in [0.2, 0.25) is 0 Å². The summed E-state index contributed by atoms with van der Waals surface area (Å²) in [5.41, 5.74) is 1.86. The molecule has 0 atom stereocenters. The van der Waals surface area contributed by atoms with Crippen LogP contribution in [-0.2, 0) is 9.53 Å². The first-order valence-corrected chi connectivity index (χ1v) is 9.00. The lowest BCUT2D eigenvalue weighted by Gasteiger charge is -2.36. The first-order chi connectivity index (χ1) is 13.6. The summed E-state index contributed by atoms with van der Waals surface area (Å²) in [7, 11) is 1.63. The van der Waals surface area contributed by atoms with Crippen molar-refractivity contribution in [2.24, 2.45) is 0 Å². The quantitative estimate of drug-likeness (QED) is 0.562. The molecular weight excluding hydrogens is 360 g/mol. The molecule has 0 N–H and O–H groups in total. The Balaban J connectivity index is 1.46. The number of piperazine rings is 1. The van der Waals surface area contributed by atoms with Gasteiger partial charge in [-0.2, -0.15) is 0 Å². The molecule has 0 aliphatic carbocycles. The fourth-order valence-corrected chi connectivity index (χ4v) is 3.01. The molecule has 2 aromatic rings. The summed E-state index contributed by atoms with van der Waals surface area (Å²) in [6, 6.07) is 13.9. The molecule has 0 aromatic heterocycles. The molecule has 1 heterocycles. The molecule has 1 amide bonds. The molecule has 1 aliphatic heterocycles. The number of hydrogen-bond donors (Lipinski definition) is 0. The number of amides is 1. The number of carbonyl (C=O) groups excluding carboxylic acids is 3. The molecule has 0 radical (unpaired) electrons. The summed E-state index contributed by atoms with van der Waals surface area (Å²) < 4.78 is 10.3. The van der Waals surface area contributed by atoms with Gasteiger partial charge in [-0.1, -0.05) is 12.1 Å². The molecule has 0 unspecified atom stereocenters. The lowest BCUT2D eigenvalue weighted by atomic mass is 10.1. The normalized spacial score (nSPS) is 13.8. The van der Waals surface area contributed by atoms with Crippen molar-refractivity contribution in [3.8, 4) is 5.75 Å². The van der Waals surface area contributed by atoms with Gasteiger partial charge in [-0.05, 0) is 36.4 Å². The van der Waals surface area contributed by atoms with Crippen LogP contribution in [0.2, 0.25) is 0 Å². The average Bonchev–Trinajstić information content (AvgIpc) is 2.77. The number of carbonyl (C=O) groups is 3. The molecule has 28 heavy (non-hydrogen) atoms. The van der Waals surface area contributed by atoms with Crippen LogP contribution in [0.5, 0.6) is 5.75 Å². The number of aldehydes is 1. The van der Waals surface area contributed by atoms with Crippen molar-refractivity contribution in [1.82, 2.24) is 4.90 Å². The molecule has 1 saturated heterocycles. The van der Waals surface area contributed by atoms with Crippen molar-refractivity contribution in [2.75, 3.05) is 44.8 Å². The van der Waals surface area contributed by atoms with E-state index in [0.717, 1.165) is 11.4 Å². The van der Waals surface area contributed by atoms with Gasteiger partial charge in [-0.25, -0.2) is 4.79 Å². The minimum atomic E-state index is -0.581. The Kier molecular flexibility index (Phi) is 6.26. The molecule has 146 valence electrons. The van der Waals surface area contributed by atoms with Gasteiger partial charge in [-0.15, -0.1) is 0 Å². The topological polar surface area (TPSA) is 76.2 Å². The number of anilines is 1. The van der Waals surface area contributed by atoms with Crippen LogP contribution < -0.4 is 9.64 Å². The van der Waals surface area contributed by atoms with E-state index in [1.165, 1.54) is 24.3 Å². The lowest BCUT2D eigenvalue weighted by molar-refractivity contribution is -0.134. The summed E-state index contributed by atoms with van der Waals surface area (Å²) in [4.78, 5) is 38.9. The molecule has 7 nitrogen and oxygen atoms in total. The Morgan fingerprint density at radius 1 is 0.964 bits per heavy atom. The third-order valence-electron chi connectivity index (χ3n) is 4.68. The SMILES string of the molecule is COc1ccc(N2CCN(C(=O)COC(=O)c3ccc(C=O)cc3)CC2)cc1. The number of rotatable bonds is 6. The van der Waals surface area contributed by atoms with Crippen molar-refractivity contribution < 1.29 is 23.9 Å². The molecule has 2 aromatic carbocycles. The second-order valence-corrected chi connectivity index (χ2v) is 6.38. The highest BCUT2D eigenvalue weighted by atomic mass is 16.5. The highest BCUT2D eigenvalue weighted by molar-refractivity contribution is 5.92. The van der Waals surface area contributed by atoms with E-state index in [1.807, 2.05) is 24.3 Å². The van der Waals surface area contributed by atoms with Crippen LogP contribution in [0.15, 0.2) is 48.5 Å². The van der Waals surface area contributed by atoms with Gasteiger partial charge in [0.05, 0.1) is 12.7 Å². The van der Waals surface area contributed by atoms with Gasteiger partial charge in [0.1, 0.15) is 12.0 Å². The van der Waals surface area contributed by atoms with Crippen molar-refractivity contribution in [2.45, 2.75) is 0 Å². The molecule has 1 aliphatic rings.